The quantitative estimate of drug-likeness (QED) is 0.0315. The van der Waals surface area contributed by atoms with Gasteiger partial charge in [-0.25, -0.2) is 0 Å². The monoisotopic (exact) mass is 745 g/mol. The molecule has 4 aromatic rings. The summed E-state index contributed by atoms with van der Waals surface area (Å²) in [5.41, 5.74) is -0.352. The molecule has 2 amide bonds. The molecule has 0 saturated heterocycles. The molecule has 19 heteroatoms. The summed E-state index contributed by atoms with van der Waals surface area (Å²) in [6.45, 7) is 2.60. The molecule has 0 aliphatic carbocycles. The maximum Gasteiger partial charge on any atom is 0.279 e. The molecule has 1 radical (unpaired) electrons. The van der Waals surface area contributed by atoms with Crippen LogP contribution in [0.15, 0.2) is 129 Å². The van der Waals surface area contributed by atoms with Gasteiger partial charge in [-0.2, -0.15) is 10.2 Å². The van der Waals surface area contributed by atoms with Gasteiger partial charge in [-0.05, 0) is 50.2 Å². The molecule has 4 rings (SSSR count). The zero-order chi connectivity index (χ0) is 36.8. The number of nitrogens with zero attached hydrogens (tertiary/aromatic N) is 6. The average Bonchev–Trinajstić information content (AvgIpc) is 3.07. The molecule has 51 heavy (non-hydrogen) atoms. The molecule has 0 fully saturated rings. The third-order valence-corrected chi connectivity index (χ3v) is 6.24. The van der Waals surface area contributed by atoms with E-state index in [-0.39, 0.29) is 51.0 Å². The Hall–Kier alpha value is -6.57. The third kappa shape index (κ3) is 12.4. The van der Waals surface area contributed by atoms with Crippen molar-refractivity contribution in [3.05, 3.63) is 129 Å². The van der Waals surface area contributed by atoms with Crippen LogP contribution in [0.5, 0.6) is 11.5 Å². The number of phenolic OH excluding ortho intramolecular Hbond substituents is 2. The first-order chi connectivity index (χ1) is 23.8. The maximum absolute atomic E-state index is 12.2. The van der Waals surface area contributed by atoms with Crippen molar-refractivity contribution in [2.24, 2.45) is 20.5 Å². The zero-order valence-corrected chi connectivity index (χ0v) is 27.7. The number of phenols is 2. The second-order valence-corrected chi connectivity index (χ2v) is 10.1. The number of carbonyl (C=O) groups is 2. The minimum Gasteiger partial charge on any atom is -0.510 e. The van der Waals surface area contributed by atoms with Crippen LogP contribution in [-0.2, 0) is 26.4 Å². The minimum atomic E-state index is -1.25. The van der Waals surface area contributed by atoms with E-state index in [2.05, 4.69) is 31.1 Å². The molecule has 6 N–H and O–H groups in total. The summed E-state index contributed by atoms with van der Waals surface area (Å²) in [5.74, 6) is -2.41. The molecule has 2 unspecified atom stereocenters. The number of nitro benzene ring substituents is 2. The number of hydrogen-bond donors (Lipinski definition) is 6. The van der Waals surface area contributed by atoms with E-state index in [1.807, 2.05) is 0 Å². The molecule has 2 atom stereocenters. The number of non-ortho nitro benzene ring substituents is 2. The van der Waals surface area contributed by atoms with Crippen molar-refractivity contribution < 1.29 is 56.6 Å². The summed E-state index contributed by atoms with van der Waals surface area (Å²) in [5, 5.41) is 80.1. The number of rotatable bonds is 11. The SMILES string of the molecule is C/C(O)=C(/N=Nc1cc([N+](=O)[O-])ccc1O)C(=O)Nc1ccccc1.CC(O)C(N=Nc1cc([N+](=O)[O-])ccc1O)C(=O)Nc1ccccc1.[Co]. The van der Waals surface area contributed by atoms with Gasteiger partial charge in [0.25, 0.3) is 23.2 Å². The summed E-state index contributed by atoms with van der Waals surface area (Å²) in [7, 11) is 0. The number of azo groups is 2. The molecule has 0 aliphatic rings. The van der Waals surface area contributed by atoms with Gasteiger partial charge in [0.2, 0.25) is 0 Å². The molecule has 0 aromatic heterocycles. The van der Waals surface area contributed by atoms with E-state index in [9.17, 15) is 50.2 Å². The number of nitro groups is 2. The van der Waals surface area contributed by atoms with Crippen molar-refractivity contribution in [2.45, 2.75) is 26.0 Å². The average molecular weight is 746 g/mol. The number of carbonyl (C=O) groups excluding carboxylic acids is 2. The van der Waals surface area contributed by atoms with Crippen LogP contribution in [0.2, 0.25) is 0 Å². The molecule has 4 aromatic carbocycles. The van der Waals surface area contributed by atoms with E-state index >= 15 is 0 Å². The van der Waals surface area contributed by atoms with E-state index in [1.54, 1.807) is 60.7 Å². The molecule has 0 spiro atoms. The van der Waals surface area contributed by atoms with Crippen molar-refractivity contribution in [1.82, 2.24) is 0 Å². The Morgan fingerprint density at radius 2 is 1.20 bits per heavy atom. The molecule has 0 bridgehead atoms. The van der Waals surface area contributed by atoms with Crippen LogP contribution < -0.4 is 10.6 Å². The fraction of sp³-hybridized carbons (Fsp3) is 0.125. The van der Waals surface area contributed by atoms with Gasteiger partial charge < -0.3 is 31.1 Å². The molecule has 0 saturated carbocycles. The number of amides is 2. The number of hydrogen-bond acceptors (Lipinski definition) is 14. The molecule has 0 aliphatic heterocycles. The number of aromatic hydroxyl groups is 2. The second kappa shape index (κ2) is 19.4. The number of aliphatic hydroxyl groups is 2. The minimum absolute atomic E-state index is 0. The van der Waals surface area contributed by atoms with E-state index in [1.165, 1.54) is 13.8 Å². The van der Waals surface area contributed by atoms with Crippen LogP contribution in [-0.4, -0.2) is 54.2 Å². The maximum atomic E-state index is 12.2. The second-order valence-electron chi connectivity index (χ2n) is 10.1. The summed E-state index contributed by atoms with van der Waals surface area (Å²) in [4.78, 5) is 44.6. The molecule has 267 valence electrons. The number of aliphatic hydroxyl groups excluding tert-OH is 2. The first-order valence-corrected chi connectivity index (χ1v) is 14.3. The molecule has 0 heterocycles. The van der Waals surface area contributed by atoms with Crippen molar-refractivity contribution in [3.8, 4) is 11.5 Å². The Morgan fingerprint density at radius 3 is 1.63 bits per heavy atom. The summed E-state index contributed by atoms with van der Waals surface area (Å²) < 4.78 is 0. The van der Waals surface area contributed by atoms with Gasteiger partial charge in [0.15, 0.2) is 11.7 Å². The van der Waals surface area contributed by atoms with Crippen LogP contribution >= 0.6 is 0 Å². The van der Waals surface area contributed by atoms with Gasteiger partial charge >= 0.3 is 0 Å². The topological polar surface area (TPSA) is 275 Å². The van der Waals surface area contributed by atoms with Crippen LogP contribution in [0.1, 0.15) is 13.8 Å². The van der Waals surface area contributed by atoms with Gasteiger partial charge in [-0.1, -0.05) is 36.4 Å². The standard InChI is InChI=1S/C16H16N4O5.C16H14N4O5.Co/c2*1-10(21)15(16(23)17-11-5-3-2-4-6-11)19-18-13-9-12(20(24)25)7-8-14(13)22;/h2-10,15,21-22H,1H3,(H,17,23);2-9,21-22H,1H3,(H,17,23);/b;15-10-,19-18?;. The molecular formula is C32H30CoN8O10. The normalized spacial score (nSPS) is 12.4. The fourth-order valence-corrected chi connectivity index (χ4v) is 3.74. The number of para-hydroxylation sites is 2. The summed E-state index contributed by atoms with van der Waals surface area (Å²) in [6.07, 6.45) is -1.16. The Morgan fingerprint density at radius 1 is 0.745 bits per heavy atom. The van der Waals surface area contributed by atoms with Crippen LogP contribution in [0.3, 0.4) is 0 Å². The zero-order valence-electron chi connectivity index (χ0n) is 26.6. The van der Waals surface area contributed by atoms with Gasteiger partial charge in [-0.15, -0.1) is 10.2 Å². The number of anilines is 2. The van der Waals surface area contributed by atoms with Crippen molar-refractivity contribution in [3.63, 3.8) is 0 Å². The third-order valence-electron chi connectivity index (χ3n) is 6.24. The number of nitrogens with one attached hydrogen (secondary N) is 2. The van der Waals surface area contributed by atoms with Gasteiger partial charge in [0.05, 0.1) is 16.0 Å². The van der Waals surface area contributed by atoms with Crippen molar-refractivity contribution >= 4 is 45.9 Å². The fourth-order valence-electron chi connectivity index (χ4n) is 3.74. The Bertz CT molecular complexity index is 1940. The smallest absolute Gasteiger partial charge is 0.279 e. The van der Waals surface area contributed by atoms with Crippen molar-refractivity contribution in [2.75, 3.05) is 10.6 Å². The van der Waals surface area contributed by atoms with Gasteiger partial charge in [0.1, 0.15) is 28.6 Å². The van der Waals surface area contributed by atoms with Crippen LogP contribution in [0.25, 0.3) is 0 Å². The van der Waals surface area contributed by atoms with Crippen molar-refractivity contribution in [1.29, 1.82) is 0 Å². The van der Waals surface area contributed by atoms with E-state index in [0.717, 1.165) is 36.4 Å². The van der Waals surface area contributed by atoms with E-state index < -0.39 is 45.3 Å². The van der Waals surface area contributed by atoms with Gasteiger partial charge in [0, 0.05) is 52.4 Å². The predicted octanol–water partition coefficient (Wildman–Crippen LogP) is 6.58. The molecular weight excluding hydrogens is 715 g/mol. The molecule has 18 nitrogen and oxygen atoms in total. The van der Waals surface area contributed by atoms with Gasteiger partial charge in [-0.3, -0.25) is 29.8 Å². The number of benzene rings is 4. The first-order valence-electron chi connectivity index (χ1n) is 14.3. The number of allylic oxidation sites excluding steroid dienone is 1. The van der Waals surface area contributed by atoms with E-state index in [0.29, 0.717) is 11.4 Å². The Labute approximate surface area is 299 Å². The Balaban J connectivity index is 0.000000347. The van der Waals surface area contributed by atoms with Crippen LogP contribution in [0.4, 0.5) is 34.1 Å². The Kier molecular flexibility index (Phi) is 15.5. The summed E-state index contributed by atoms with van der Waals surface area (Å²) in [6, 6.07) is 22.3. The van der Waals surface area contributed by atoms with E-state index in [4.69, 9.17) is 0 Å². The predicted molar refractivity (Wildman–Crippen MR) is 179 cm³/mol. The first kappa shape index (κ1) is 40.6. The largest absolute Gasteiger partial charge is 0.510 e. The summed E-state index contributed by atoms with van der Waals surface area (Å²) >= 11 is 0. The van der Waals surface area contributed by atoms with Crippen LogP contribution in [0, 0.1) is 20.2 Å².